The van der Waals surface area contributed by atoms with Crippen molar-refractivity contribution in [2.75, 3.05) is 0 Å². The summed E-state index contributed by atoms with van der Waals surface area (Å²) >= 11 is 1.57. The zero-order valence-electron chi connectivity index (χ0n) is 8.84. The van der Waals surface area contributed by atoms with Crippen LogP contribution < -0.4 is 0 Å². The van der Waals surface area contributed by atoms with E-state index in [1.165, 1.54) is 0 Å². The van der Waals surface area contributed by atoms with Gasteiger partial charge in [0, 0.05) is 16.5 Å². The number of aromatic nitrogens is 1. The number of aldehydes is 1. The Kier molecular flexibility index (Phi) is 3.41. The molecule has 16 heavy (non-hydrogen) atoms. The van der Waals surface area contributed by atoms with Crippen LogP contribution in [0.25, 0.3) is 0 Å². The number of hydrogen-bond donors (Lipinski definition) is 0. The van der Waals surface area contributed by atoms with Crippen molar-refractivity contribution in [3.8, 4) is 0 Å². The highest BCUT2D eigenvalue weighted by molar-refractivity contribution is 7.98. The minimum atomic E-state index is 0.686. The van der Waals surface area contributed by atoms with E-state index in [0.29, 0.717) is 11.3 Å². The monoisotopic (exact) mass is 233 g/mol. The fourth-order valence-corrected chi connectivity index (χ4v) is 2.23. The molecule has 0 saturated carbocycles. The molecule has 0 fully saturated rings. The lowest BCUT2D eigenvalue weighted by Crippen LogP contribution is -1.84. The Morgan fingerprint density at radius 1 is 1.44 bits per heavy atom. The van der Waals surface area contributed by atoms with Gasteiger partial charge in [0.2, 0.25) is 0 Å². The van der Waals surface area contributed by atoms with E-state index in [4.69, 9.17) is 4.52 Å². The number of aryl methyl sites for hydroxylation is 1. The van der Waals surface area contributed by atoms with Crippen LogP contribution in [0.2, 0.25) is 0 Å². The lowest BCUT2D eigenvalue weighted by Gasteiger charge is -2.01. The van der Waals surface area contributed by atoms with Gasteiger partial charge in [-0.1, -0.05) is 23.4 Å². The molecule has 0 N–H and O–H groups in total. The quantitative estimate of drug-likeness (QED) is 0.601. The van der Waals surface area contributed by atoms with Crippen LogP contribution in [-0.2, 0) is 5.75 Å². The lowest BCUT2D eigenvalue weighted by atomic mass is 10.2. The summed E-state index contributed by atoms with van der Waals surface area (Å²) in [7, 11) is 0. The summed E-state index contributed by atoms with van der Waals surface area (Å²) in [5.74, 6) is 1.51. The fraction of sp³-hybridized carbons (Fsp3) is 0.167. The van der Waals surface area contributed by atoms with Crippen LogP contribution in [0.15, 0.2) is 39.8 Å². The summed E-state index contributed by atoms with van der Waals surface area (Å²) in [6.45, 7) is 1.89. The molecule has 0 saturated heterocycles. The maximum atomic E-state index is 10.8. The van der Waals surface area contributed by atoms with Crippen LogP contribution in [-0.4, -0.2) is 11.4 Å². The van der Waals surface area contributed by atoms with Gasteiger partial charge in [0.05, 0.1) is 11.4 Å². The third-order valence-corrected chi connectivity index (χ3v) is 3.20. The van der Waals surface area contributed by atoms with E-state index in [1.54, 1.807) is 17.8 Å². The number of benzene rings is 1. The molecule has 1 heterocycles. The summed E-state index contributed by atoms with van der Waals surface area (Å²) in [4.78, 5) is 11.8. The summed E-state index contributed by atoms with van der Waals surface area (Å²) in [5, 5.41) is 3.81. The predicted octanol–water partition coefficient (Wildman–Crippen LogP) is 3.09. The molecule has 0 radical (unpaired) electrons. The van der Waals surface area contributed by atoms with Gasteiger partial charge in [-0.2, -0.15) is 0 Å². The molecule has 2 aromatic rings. The van der Waals surface area contributed by atoms with Crippen LogP contribution in [0, 0.1) is 6.92 Å². The Hall–Kier alpha value is -1.55. The highest BCUT2D eigenvalue weighted by Crippen LogP contribution is 2.25. The molecule has 0 amide bonds. The van der Waals surface area contributed by atoms with Crippen molar-refractivity contribution < 1.29 is 9.32 Å². The molecule has 3 nitrogen and oxygen atoms in total. The van der Waals surface area contributed by atoms with Crippen LogP contribution >= 0.6 is 11.8 Å². The van der Waals surface area contributed by atoms with Crippen molar-refractivity contribution in [3.63, 3.8) is 0 Å². The van der Waals surface area contributed by atoms with Crippen LogP contribution in [0.3, 0.4) is 0 Å². The third-order valence-electron chi connectivity index (χ3n) is 2.09. The average molecular weight is 233 g/mol. The Morgan fingerprint density at radius 3 is 2.94 bits per heavy atom. The number of carbonyl (C=O) groups is 1. The molecule has 1 aromatic heterocycles. The van der Waals surface area contributed by atoms with Gasteiger partial charge in [0.15, 0.2) is 6.29 Å². The number of carbonyl (C=O) groups excluding carboxylic acids is 1. The van der Waals surface area contributed by atoms with Crippen LogP contribution in [0.5, 0.6) is 0 Å². The second kappa shape index (κ2) is 4.99. The highest BCUT2D eigenvalue weighted by Gasteiger charge is 2.04. The first-order chi connectivity index (χ1) is 7.79. The molecular formula is C12H11NO2S. The normalized spacial score (nSPS) is 10.3. The Morgan fingerprint density at radius 2 is 2.25 bits per heavy atom. The Bertz CT molecular complexity index is 493. The second-order valence-electron chi connectivity index (χ2n) is 3.38. The molecule has 0 bridgehead atoms. The summed E-state index contributed by atoms with van der Waals surface area (Å²) < 4.78 is 5.10. The zero-order valence-corrected chi connectivity index (χ0v) is 9.66. The van der Waals surface area contributed by atoms with Gasteiger partial charge in [-0.05, 0) is 13.0 Å². The number of hydrogen-bond acceptors (Lipinski definition) is 4. The molecule has 0 spiro atoms. The molecule has 0 unspecified atom stereocenters. The largest absolute Gasteiger partial charge is 0.360 e. The molecule has 0 atom stereocenters. The van der Waals surface area contributed by atoms with Gasteiger partial charge in [-0.3, -0.25) is 4.79 Å². The molecule has 82 valence electrons. The van der Waals surface area contributed by atoms with Crippen molar-refractivity contribution in [3.05, 3.63) is 47.3 Å². The predicted molar refractivity (Wildman–Crippen MR) is 62.6 cm³/mol. The Labute approximate surface area is 97.8 Å². The second-order valence-corrected chi connectivity index (χ2v) is 4.40. The van der Waals surface area contributed by atoms with Gasteiger partial charge >= 0.3 is 0 Å². The topological polar surface area (TPSA) is 43.1 Å². The van der Waals surface area contributed by atoms with Crippen molar-refractivity contribution in [2.45, 2.75) is 17.6 Å². The molecule has 0 aliphatic rings. The van der Waals surface area contributed by atoms with E-state index in [0.717, 1.165) is 22.6 Å². The van der Waals surface area contributed by atoms with E-state index in [-0.39, 0.29) is 0 Å². The first kappa shape index (κ1) is 11.0. The first-order valence-electron chi connectivity index (χ1n) is 4.89. The van der Waals surface area contributed by atoms with Gasteiger partial charge in [0.1, 0.15) is 5.76 Å². The fourth-order valence-electron chi connectivity index (χ4n) is 1.34. The van der Waals surface area contributed by atoms with Crippen LogP contribution in [0.1, 0.15) is 21.8 Å². The van der Waals surface area contributed by atoms with E-state index in [2.05, 4.69) is 5.16 Å². The number of nitrogens with zero attached hydrogens (tertiary/aromatic N) is 1. The van der Waals surface area contributed by atoms with E-state index in [9.17, 15) is 4.79 Å². The molecule has 0 aliphatic heterocycles. The van der Waals surface area contributed by atoms with Crippen molar-refractivity contribution in [1.29, 1.82) is 0 Å². The molecule has 4 heteroatoms. The van der Waals surface area contributed by atoms with E-state index >= 15 is 0 Å². The van der Waals surface area contributed by atoms with E-state index in [1.807, 2.05) is 31.2 Å². The summed E-state index contributed by atoms with van der Waals surface area (Å²) in [5.41, 5.74) is 1.59. The molecule has 1 aromatic carbocycles. The summed E-state index contributed by atoms with van der Waals surface area (Å²) in [6.07, 6.45) is 0.869. The summed E-state index contributed by atoms with van der Waals surface area (Å²) in [6, 6.07) is 9.41. The number of rotatable bonds is 4. The minimum Gasteiger partial charge on any atom is -0.360 e. The van der Waals surface area contributed by atoms with E-state index < -0.39 is 0 Å². The minimum absolute atomic E-state index is 0.686. The third kappa shape index (κ3) is 2.52. The zero-order chi connectivity index (χ0) is 11.4. The van der Waals surface area contributed by atoms with Gasteiger partial charge in [-0.25, -0.2) is 0 Å². The highest BCUT2D eigenvalue weighted by atomic mass is 32.2. The molecule has 0 aliphatic carbocycles. The molecular weight excluding hydrogens is 222 g/mol. The van der Waals surface area contributed by atoms with Crippen molar-refractivity contribution >= 4 is 18.0 Å². The van der Waals surface area contributed by atoms with Crippen LogP contribution in [0.4, 0.5) is 0 Å². The van der Waals surface area contributed by atoms with Gasteiger partial charge in [-0.15, -0.1) is 11.8 Å². The standard InChI is InChI=1S/C12H11NO2S/c1-9-6-11(15-13-9)8-16-12-5-3-2-4-10(12)7-14/h2-7H,8H2,1H3. The van der Waals surface area contributed by atoms with Gasteiger partial charge < -0.3 is 4.52 Å². The van der Waals surface area contributed by atoms with Gasteiger partial charge in [0.25, 0.3) is 0 Å². The molecule has 2 rings (SSSR count). The SMILES string of the molecule is Cc1cc(CSc2ccccc2C=O)on1. The maximum Gasteiger partial charge on any atom is 0.151 e. The maximum absolute atomic E-state index is 10.8. The Balaban J connectivity index is 2.07. The first-order valence-corrected chi connectivity index (χ1v) is 5.87. The average Bonchev–Trinajstić information content (AvgIpc) is 2.73. The lowest BCUT2D eigenvalue weighted by molar-refractivity contribution is 0.112. The van der Waals surface area contributed by atoms with Crippen molar-refractivity contribution in [2.24, 2.45) is 0 Å². The number of thioether (sulfide) groups is 1. The smallest absolute Gasteiger partial charge is 0.151 e. The van der Waals surface area contributed by atoms with Crippen molar-refractivity contribution in [1.82, 2.24) is 5.16 Å².